The fourth-order valence-electron chi connectivity index (χ4n) is 4.88. The molecule has 6 heteroatoms. The van der Waals surface area contributed by atoms with E-state index >= 15 is 4.39 Å². The first kappa shape index (κ1) is 23.6. The summed E-state index contributed by atoms with van der Waals surface area (Å²) >= 11 is 0. The van der Waals surface area contributed by atoms with E-state index in [1.807, 2.05) is 12.1 Å². The van der Waals surface area contributed by atoms with E-state index in [9.17, 15) is 13.2 Å². The molecule has 1 heterocycles. The summed E-state index contributed by atoms with van der Waals surface area (Å²) in [5.41, 5.74) is 2.35. The molecule has 0 spiro atoms. The Morgan fingerprint density at radius 2 is 1.46 bits per heavy atom. The first-order valence-corrected chi connectivity index (χ1v) is 11.9. The van der Waals surface area contributed by atoms with Crippen LogP contribution in [-0.4, -0.2) is 13.2 Å². The minimum absolute atomic E-state index is 0.0926. The summed E-state index contributed by atoms with van der Waals surface area (Å²) in [6.45, 7) is 4.35. The number of benzene rings is 3. The second kappa shape index (κ2) is 9.86. The van der Waals surface area contributed by atoms with E-state index in [1.165, 1.54) is 12.1 Å². The highest BCUT2D eigenvalue weighted by Gasteiger charge is 2.31. The van der Waals surface area contributed by atoms with Gasteiger partial charge in [0.15, 0.2) is 23.2 Å². The van der Waals surface area contributed by atoms with Crippen LogP contribution in [-0.2, 0) is 4.74 Å². The van der Waals surface area contributed by atoms with E-state index in [2.05, 4.69) is 6.58 Å². The van der Waals surface area contributed by atoms with Crippen molar-refractivity contribution >= 4 is 6.08 Å². The number of rotatable bonds is 7. The second-order valence-corrected chi connectivity index (χ2v) is 9.29. The maximum atomic E-state index is 15.0. The van der Waals surface area contributed by atoms with Gasteiger partial charge in [0.2, 0.25) is 5.82 Å². The van der Waals surface area contributed by atoms with Gasteiger partial charge in [-0.2, -0.15) is 4.39 Å². The van der Waals surface area contributed by atoms with Crippen molar-refractivity contribution in [2.24, 2.45) is 5.92 Å². The molecule has 35 heavy (non-hydrogen) atoms. The Morgan fingerprint density at radius 3 is 2.11 bits per heavy atom. The quantitative estimate of drug-likeness (QED) is 0.252. The monoisotopic (exact) mass is 482 g/mol. The summed E-state index contributed by atoms with van der Waals surface area (Å²) in [5, 5.41) is 0. The van der Waals surface area contributed by atoms with Crippen LogP contribution in [0.5, 0.6) is 5.75 Å². The van der Waals surface area contributed by atoms with Gasteiger partial charge in [-0.1, -0.05) is 49.1 Å². The van der Waals surface area contributed by atoms with Crippen LogP contribution in [0.15, 0.2) is 55.1 Å². The van der Waals surface area contributed by atoms with Crippen LogP contribution < -0.4 is 4.74 Å². The Bertz CT molecular complexity index is 1230. The highest BCUT2D eigenvalue weighted by atomic mass is 19.2. The third-order valence-corrected chi connectivity index (χ3v) is 7.09. The first-order chi connectivity index (χ1) is 17.0. The normalized spacial score (nSPS) is 21.5. The number of hydrogen-bond acceptors (Lipinski definition) is 2. The highest BCUT2D eigenvalue weighted by Crippen LogP contribution is 2.40. The van der Waals surface area contributed by atoms with Crippen molar-refractivity contribution in [1.29, 1.82) is 0 Å². The van der Waals surface area contributed by atoms with Crippen molar-refractivity contribution in [3.05, 3.63) is 95.1 Å². The van der Waals surface area contributed by atoms with Crippen LogP contribution in [0.2, 0.25) is 0 Å². The maximum Gasteiger partial charge on any atom is 0.200 e. The molecule has 3 aromatic carbocycles. The van der Waals surface area contributed by atoms with Gasteiger partial charge in [-0.25, -0.2) is 13.2 Å². The average molecular weight is 483 g/mol. The summed E-state index contributed by atoms with van der Waals surface area (Å²) in [5.74, 6) is -3.63. The zero-order valence-electron chi connectivity index (χ0n) is 19.2. The molecule has 2 nitrogen and oxygen atoms in total. The molecule has 1 aliphatic carbocycles. The molecule has 1 unspecified atom stereocenters. The second-order valence-electron chi connectivity index (χ2n) is 9.29. The fourth-order valence-corrected chi connectivity index (χ4v) is 4.88. The van der Waals surface area contributed by atoms with Crippen LogP contribution in [0.3, 0.4) is 0 Å². The van der Waals surface area contributed by atoms with Crippen molar-refractivity contribution in [2.75, 3.05) is 13.2 Å². The van der Waals surface area contributed by atoms with E-state index in [0.717, 1.165) is 18.4 Å². The summed E-state index contributed by atoms with van der Waals surface area (Å²) in [6, 6.07) is 13.4. The lowest BCUT2D eigenvalue weighted by molar-refractivity contribution is 0.191. The van der Waals surface area contributed by atoms with Crippen LogP contribution >= 0.6 is 0 Å². The molecule has 1 saturated heterocycles. The topological polar surface area (TPSA) is 21.8 Å². The van der Waals surface area contributed by atoms with E-state index in [0.29, 0.717) is 30.6 Å². The van der Waals surface area contributed by atoms with Crippen molar-refractivity contribution in [2.45, 2.75) is 37.7 Å². The fraction of sp³-hybridized carbons (Fsp3) is 0.310. The third-order valence-electron chi connectivity index (χ3n) is 7.09. The van der Waals surface area contributed by atoms with E-state index in [-0.39, 0.29) is 41.4 Å². The first-order valence-electron chi connectivity index (χ1n) is 11.9. The predicted octanol–water partition coefficient (Wildman–Crippen LogP) is 7.98. The molecule has 5 rings (SSSR count). The van der Waals surface area contributed by atoms with Crippen molar-refractivity contribution in [1.82, 2.24) is 0 Å². The van der Waals surface area contributed by atoms with E-state index < -0.39 is 23.3 Å². The molecule has 0 amide bonds. The van der Waals surface area contributed by atoms with Crippen LogP contribution in [0, 0.1) is 29.2 Å². The summed E-state index contributed by atoms with van der Waals surface area (Å²) in [4.78, 5) is 0. The van der Waals surface area contributed by atoms with Gasteiger partial charge in [-0.15, -0.1) is 0 Å². The van der Waals surface area contributed by atoms with Crippen molar-refractivity contribution in [3.63, 3.8) is 0 Å². The van der Waals surface area contributed by atoms with Crippen molar-refractivity contribution in [3.8, 4) is 16.9 Å². The molecular formula is C29H26F4O2. The highest BCUT2D eigenvalue weighted by molar-refractivity contribution is 5.66. The largest absolute Gasteiger partial charge is 0.490 e. The van der Waals surface area contributed by atoms with Gasteiger partial charge in [-0.05, 0) is 66.3 Å². The lowest BCUT2D eigenvalue weighted by atomic mass is 9.78. The Morgan fingerprint density at radius 1 is 0.800 bits per heavy atom. The molecule has 0 bridgehead atoms. The molecule has 3 aromatic rings. The van der Waals surface area contributed by atoms with Gasteiger partial charge in [0, 0.05) is 11.1 Å². The molecular weight excluding hydrogens is 456 g/mol. The maximum absolute atomic E-state index is 15.0. The van der Waals surface area contributed by atoms with Gasteiger partial charge in [0.05, 0.1) is 13.2 Å². The molecule has 2 fully saturated rings. The number of halogens is 4. The Hall–Kier alpha value is -3.12. The van der Waals surface area contributed by atoms with Gasteiger partial charge in [0.25, 0.3) is 0 Å². The standard InChI is InChI=1S/C29H26F4O2/c1-2-17-3-7-19(8-4-17)21-11-12-22(27(31)26(21)30)20-9-5-18(6-10-20)15-34-24-14-13-23(25-16-35-25)28(32)29(24)33/h2-4,7-8,11-14,18,20,25H,1,5-6,9-10,15-16H2. The van der Waals surface area contributed by atoms with E-state index in [4.69, 9.17) is 9.47 Å². The zero-order chi connectivity index (χ0) is 24.5. The smallest absolute Gasteiger partial charge is 0.200 e. The molecule has 1 saturated carbocycles. The van der Waals surface area contributed by atoms with Gasteiger partial charge >= 0.3 is 0 Å². The Labute approximate surface area is 202 Å². The molecule has 182 valence electrons. The van der Waals surface area contributed by atoms with E-state index in [1.54, 1.807) is 30.3 Å². The SMILES string of the molecule is C=Cc1ccc(-c2ccc(C3CCC(COc4ccc(C5CO5)c(F)c4F)CC3)c(F)c2F)cc1. The lowest BCUT2D eigenvalue weighted by Gasteiger charge is -2.29. The summed E-state index contributed by atoms with van der Waals surface area (Å²) in [6.07, 6.45) is 4.13. The molecule has 2 aliphatic rings. The van der Waals surface area contributed by atoms with Crippen LogP contribution in [0.1, 0.15) is 54.4 Å². The molecule has 1 aliphatic heterocycles. The molecule has 0 N–H and O–H groups in total. The summed E-state index contributed by atoms with van der Waals surface area (Å²) in [7, 11) is 0. The van der Waals surface area contributed by atoms with Crippen LogP contribution in [0.25, 0.3) is 17.2 Å². The minimum Gasteiger partial charge on any atom is -0.490 e. The Kier molecular flexibility index (Phi) is 6.65. The molecule has 0 radical (unpaired) electrons. The predicted molar refractivity (Wildman–Crippen MR) is 127 cm³/mol. The number of epoxide rings is 1. The van der Waals surface area contributed by atoms with Gasteiger partial charge in [-0.3, -0.25) is 0 Å². The molecule has 0 aromatic heterocycles. The van der Waals surface area contributed by atoms with Gasteiger partial charge in [0.1, 0.15) is 6.10 Å². The van der Waals surface area contributed by atoms with Crippen LogP contribution in [0.4, 0.5) is 17.6 Å². The number of hydrogen-bond donors (Lipinski definition) is 0. The lowest BCUT2D eigenvalue weighted by Crippen LogP contribution is -2.20. The van der Waals surface area contributed by atoms with Crippen molar-refractivity contribution < 1.29 is 27.0 Å². The van der Waals surface area contributed by atoms with Gasteiger partial charge < -0.3 is 9.47 Å². The zero-order valence-corrected chi connectivity index (χ0v) is 19.2. The minimum atomic E-state index is -0.997. The summed E-state index contributed by atoms with van der Waals surface area (Å²) < 4.78 is 69.1. The molecule has 1 atom stereocenters. The average Bonchev–Trinajstić information content (AvgIpc) is 3.72. The third kappa shape index (κ3) is 4.85. The number of ether oxygens (including phenoxy) is 2. The Balaban J connectivity index is 1.20.